The number of aromatic nitrogens is 1. The van der Waals surface area contributed by atoms with Crippen molar-refractivity contribution in [3.05, 3.63) is 36.0 Å². The normalized spacial score (nSPS) is 17.9. The number of nitrogens with zero attached hydrogens (tertiary/aromatic N) is 1. The summed E-state index contributed by atoms with van der Waals surface area (Å²) in [7, 11) is 0. The zero-order valence-electron chi connectivity index (χ0n) is 11.1. The molecule has 0 amide bonds. The van der Waals surface area contributed by atoms with Gasteiger partial charge in [0, 0.05) is 30.2 Å². The Bertz CT molecular complexity index is 537. The van der Waals surface area contributed by atoms with Gasteiger partial charge in [0.25, 0.3) is 0 Å². The van der Waals surface area contributed by atoms with E-state index in [1.807, 2.05) is 0 Å². The van der Waals surface area contributed by atoms with Gasteiger partial charge in [0.05, 0.1) is 0 Å². The number of hydrogen-bond acceptors (Lipinski definition) is 1. The molecule has 1 aromatic carbocycles. The Morgan fingerprint density at radius 1 is 1.33 bits per heavy atom. The van der Waals surface area contributed by atoms with Gasteiger partial charge in [-0.3, -0.25) is 0 Å². The molecular weight excluding hydrogens is 220 g/mol. The van der Waals surface area contributed by atoms with Crippen molar-refractivity contribution in [2.75, 3.05) is 6.54 Å². The monoisotopic (exact) mass is 242 g/mol. The topological polar surface area (TPSA) is 30.9 Å². The second kappa shape index (κ2) is 4.77. The third kappa shape index (κ3) is 1.95. The van der Waals surface area contributed by atoms with Crippen LogP contribution in [0.2, 0.25) is 0 Å². The molecule has 1 aliphatic carbocycles. The average molecular weight is 242 g/mol. The summed E-state index contributed by atoms with van der Waals surface area (Å²) in [4.78, 5) is 0. The second-order valence-corrected chi connectivity index (χ2v) is 5.67. The van der Waals surface area contributed by atoms with E-state index in [1.54, 1.807) is 0 Å². The van der Waals surface area contributed by atoms with Gasteiger partial charge in [-0.05, 0) is 36.3 Å². The Kier molecular flexibility index (Phi) is 3.13. The zero-order valence-corrected chi connectivity index (χ0v) is 11.1. The molecule has 96 valence electrons. The molecule has 2 aromatic rings. The zero-order chi connectivity index (χ0) is 12.5. The first kappa shape index (κ1) is 11.8. The Labute approximate surface area is 109 Å². The summed E-state index contributed by atoms with van der Waals surface area (Å²) in [5, 5.41) is 1.35. The molecule has 1 fully saturated rings. The summed E-state index contributed by atoms with van der Waals surface area (Å²) in [5.74, 6) is 1.32. The van der Waals surface area contributed by atoms with Gasteiger partial charge in [0.15, 0.2) is 0 Å². The Hall–Kier alpha value is -1.28. The highest BCUT2D eigenvalue weighted by atomic mass is 15.0. The van der Waals surface area contributed by atoms with Gasteiger partial charge >= 0.3 is 0 Å². The number of rotatable bonds is 4. The molecule has 2 heteroatoms. The van der Waals surface area contributed by atoms with Crippen LogP contribution in [0.15, 0.2) is 30.3 Å². The lowest BCUT2D eigenvalue weighted by molar-refractivity contribution is 0.276. The van der Waals surface area contributed by atoms with Crippen molar-refractivity contribution in [3.63, 3.8) is 0 Å². The van der Waals surface area contributed by atoms with Crippen molar-refractivity contribution in [1.82, 2.24) is 4.57 Å². The number of hydrogen-bond donors (Lipinski definition) is 1. The predicted octanol–water partition coefficient (Wildman–Crippen LogP) is 3.50. The molecule has 3 rings (SSSR count). The molecule has 0 spiro atoms. The first-order chi connectivity index (χ1) is 8.79. The molecule has 1 aromatic heterocycles. The number of para-hydroxylation sites is 1. The van der Waals surface area contributed by atoms with E-state index in [2.05, 4.69) is 41.8 Å². The van der Waals surface area contributed by atoms with Crippen molar-refractivity contribution in [3.8, 4) is 0 Å². The van der Waals surface area contributed by atoms with Gasteiger partial charge in [0.1, 0.15) is 0 Å². The van der Waals surface area contributed by atoms with E-state index in [0.717, 1.165) is 12.5 Å². The smallest absolute Gasteiger partial charge is 0.0482 e. The summed E-state index contributed by atoms with van der Waals surface area (Å²) in [6.07, 6.45) is 4.19. The van der Waals surface area contributed by atoms with Crippen LogP contribution in [0.1, 0.15) is 37.8 Å². The molecule has 0 bridgehead atoms. The Morgan fingerprint density at radius 2 is 2.11 bits per heavy atom. The summed E-state index contributed by atoms with van der Waals surface area (Å²) >= 11 is 0. The molecule has 2 nitrogen and oxygen atoms in total. The first-order valence-corrected chi connectivity index (χ1v) is 7.08. The van der Waals surface area contributed by atoms with E-state index in [1.165, 1.54) is 42.4 Å². The van der Waals surface area contributed by atoms with Crippen LogP contribution in [0.5, 0.6) is 0 Å². The maximum absolute atomic E-state index is 5.86. The second-order valence-electron chi connectivity index (χ2n) is 5.67. The summed E-state index contributed by atoms with van der Waals surface area (Å²) in [6, 6.07) is 11.0. The van der Waals surface area contributed by atoms with Crippen LogP contribution < -0.4 is 5.73 Å². The lowest BCUT2D eigenvalue weighted by atomic mass is 9.85. The van der Waals surface area contributed by atoms with E-state index < -0.39 is 0 Å². The van der Waals surface area contributed by atoms with Crippen LogP contribution in [0, 0.1) is 5.92 Å². The maximum Gasteiger partial charge on any atom is 0.0482 e. The lowest BCUT2D eigenvalue weighted by Gasteiger charge is -2.28. The Morgan fingerprint density at radius 3 is 2.78 bits per heavy atom. The minimum atomic E-state index is 0.442. The van der Waals surface area contributed by atoms with Gasteiger partial charge in [0.2, 0.25) is 0 Å². The lowest BCUT2D eigenvalue weighted by Crippen LogP contribution is -2.21. The molecular formula is C16H22N2. The standard InChI is InChI=1S/C16H22N2/c1-12(10-17)16-9-14-7-2-3-8-15(14)18(16)11-13-5-4-6-13/h2-3,7-9,12-13H,4-6,10-11,17H2,1H3. The molecule has 1 aliphatic rings. The van der Waals surface area contributed by atoms with Gasteiger partial charge in [-0.25, -0.2) is 0 Å². The van der Waals surface area contributed by atoms with Crippen molar-refractivity contribution >= 4 is 10.9 Å². The van der Waals surface area contributed by atoms with E-state index in [-0.39, 0.29) is 0 Å². The van der Waals surface area contributed by atoms with Crippen molar-refractivity contribution in [2.24, 2.45) is 11.7 Å². The quantitative estimate of drug-likeness (QED) is 0.874. The number of fused-ring (bicyclic) bond motifs is 1. The van der Waals surface area contributed by atoms with E-state index in [4.69, 9.17) is 5.73 Å². The van der Waals surface area contributed by atoms with Gasteiger partial charge in [-0.2, -0.15) is 0 Å². The van der Waals surface area contributed by atoms with Gasteiger partial charge in [-0.1, -0.05) is 31.5 Å². The van der Waals surface area contributed by atoms with E-state index in [9.17, 15) is 0 Å². The summed E-state index contributed by atoms with van der Waals surface area (Å²) < 4.78 is 2.51. The molecule has 0 radical (unpaired) electrons. The van der Waals surface area contributed by atoms with Crippen LogP contribution in [0.4, 0.5) is 0 Å². The third-order valence-corrected chi connectivity index (χ3v) is 4.37. The summed E-state index contributed by atoms with van der Waals surface area (Å²) in [5.41, 5.74) is 8.64. The van der Waals surface area contributed by atoms with Crippen LogP contribution in [0.3, 0.4) is 0 Å². The molecule has 1 atom stereocenters. The summed E-state index contributed by atoms with van der Waals surface area (Å²) in [6.45, 7) is 4.12. The molecule has 2 N–H and O–H groups in total. The number of nitrogens with two attached hydrogens (primary N) is 1. The first-order valence-electron chi connectivity index (χ1n) is 7.08. The molecule has 0 aliphatic heterocycles. The van der Waals surface area contributed by atoms with Crippen LogP contribution in [-0.4, -0.2) is 11.1 Å². The highest BCUT2D eigenvalue weighted by Gasteiger charge is 2.21. The van der Waals surface area contributed by atoms with Gasteiger partial charge in [-0.15, -0.1) is 0 Å². The minimum Gasteiger partial charge on any atom is -0.344 e. The Balaban J connectivity index is 2.04. The fourth-order valence-corrected chi connectivity index (χ4v) is 2.90. The highest BCUT2D eigenvalue weighted by molar-refractivity contribution is 5.81. The fourth-order valence-electron chi connectivity index (χ4n) is 2.90. The van der Waals surface area contributed by atoms with Crippen LogP contribution >= 0.6 is 0 Å². The minimum absolute atomic E-state index is 0.442. The molecule has 0 saturated heterocycles. The van der Waals surface area contributed by atoms with Crippen molar-refractivity contribution in [1.29, 1.82) is 0 Å². The largest absolute Gasteiger partial charge is 0.344 e. The van der Waals surface area contributed by atoms with E-state index >= 15 is 0 Å². The highest BCUT2D eigenvalue weighted by Crippen LogP contribution is 2.32. The predicted molar refractivity (Wildman–Crippen MR) is 76.7 cm³/mol. The van der Waals surface area contributed by atoms with Crippen LogP contribution in [0.25, 0.3) is 10.9 Å². The van der Waals surface area contributed by atoms with Gasteiger partial charge < -0.3 is 10.3 Å². The average Bonchev–Trinajstić information content (AvgIpc) is 2.71. The van der Waals surface area contributed by atoms with E-state index in [0.29, 0.717) is 5.92 Å². The number of benzene rings is 1. The molecule has 1 saturated carbocycles. The van der Waals surface area contributed by atoms with Crippen molar-refractivity contribution < 1.29 is 0 Å². The molecule has 1 unspecified atom stereocenters. The molecule has 18 heavy (non-hydrogen) atoms. The van der Waals surface area contributed by atoms with Crippen LogP contribution in [-0.2, 0) is 6.54 Å². The van der Waals surface area contributed by atoms with Crippen molar-refractivity contribution in [2.45, 2.75) is 38.6 Å². The SMILES string of the molecule is CC(CN)c1cc2ccccc2n1CC1CCC1. The third-order valence-electron chi connectivity index (χ3n) is 4.37. The molecule has 1 heterocycles. The maximum atomic E-state index is 5.86. The fraction of sp³-hybridized carbons (Fsp3) is 0.500.